The van der Waals surface area contributed by atoms with Crippen molar-refractivity contribution in [2.24, 2.45) is 5.92 Å². The Labute approximate surface area is 194 Å². The zero-order valence-electron chi connectivity index (χ0n) is 16.6. The molecule has 0 aliphatic carbocycles. The van der Waals surface area contributed by atoms with Gasteiger partial charge in [-0.3, -0.25) is 9.69 Å². The maximum atomic E-state index is 12.7. The molecule has 2 heterocycles. The topological polar surface area (TPSA) is 71.3 Å². The molecule has 0 radical (unpaired) electrons. The van der Waals surface area contributed by atoms with Crippen molar-refractivity contribution in [3.05, 3.63) is 62.5 Å². The first-order chi connectivity index (χ1) is 14.5. The number of anilines is 1. The fourth-order valence-electron chi connectivity index (χ4n) is 3.61. The highest BCUT2D eigenvalue weighted by atomic mass is 127. The van der Waals surface area contributed by atoms with Crippen LogP contribution in [-0.2, 0) is 11.3 Å². The van der Waals surface area contributed by atoms with Crippen molar-refractivity contribution in [1.29, 1.82) is 0 Å². The van der Waals surface area contributed by atoms with Crippen molar-refractivity contribution in [1.82, 2.24) is 15.0 Å². The monoisotopic (exact) mass is 536 g/mol. The molecular formula is C22H22ClIN4O2. The van der Waals surface area contributed by atoms with Gasteiger partial charge in [0.2, 0.25) is 17.6 Å². The lowest BCUT2D eigenvalue weighted by Gasteiger charge is -2.30. The third-order valence-electron chi connectivity index (χ3n) is 5.31. The van der Waals surface area contributed by atoms with Gasteiger partial charge in [-0.1, -0.05) is 28.9 Å². The van der Waals surface area contributed by atoms with Crippen LogP contribution < -0.4 is 5.32 Å². The molecule has 2 aromatic carbocycles. The minimum atomic E-state index is 0.0182. The first-order valence-corrected chi connectivity index (χ1v) is 11.3. The number of nitrogens with one attached hydrogen (secondary N) is 1. The number of nitrogens with zero attached hydrogens (tertiary/aromatic N) is 3. The highest BCUT2D eigenvalue weighted by Crippen LogP contribution is 2.24. The summed E-state index contributed by atoms with van der Waals surface area (Å²) < 4.78 is 6.57. The second kappa shape index (κ2) is 9.45. The number of carbonyl (C=O) groups excluding carboxylic acids is 1. The lowest BCUT2D eigenvalue weighted by molar-refractivity contribution is -0.121. The van der Waals surface area contributed by atoms with Gasteiger partial charge in [0.15, 0.2) is 0 Å². The maximum Gasteiger partial charge on any atom is 0.241 e. The predicted molar refractivity (Wildman–Crippen MR) is 125 cm³/mol. The largest absolute Gasteiger partial charge is 0.338 e. The Morgan fingerprint density at radius 2 is 2.07 bits per heavy atom. The summed E-state index contributed by atoms with van der Waals surface area (Å²) in [5.41, 5.74) is 2.81. The summed E-state index contributed by atoms with van der Waals surface area (Å²) in [6.45, 7) is 4.23. The van der Waals surface area contributed by atoms with Crippen molar-refractivity contribution in [3.8, 4) is 11.4 Å². The molecule has 156 valence electrons. The Kier molecular flexibility index (Phi) is 6.70. The van der Waals surface area contributed by atoms with Gasteiger partial charge < -0.3 is 9.84 Å². The lowest BCUT2D eigenvalue weighted by atomic mass is 9.95. The molecule has 8 heteroatoms. The van der Waals surface area contributed by atoms with E-state index in [0.717, 1.165) is 46.3 Å². The van der Waals surface area contributed by atoms with Crippen LogP contribution in [0.1, 0.15) is 24.3 Å². The first kappa shape index (κ1) is 21.3. The lowest BCUT2D eigenvalue weighted by Crippen LogP contribution is -2.37. The molecule has 0 bridgehead atoms. The molecule has 1 aliphatic heterocycles. The third kappa shape index (κ3) is 5.19. The van der Waals surface area contributed by atoms with Crippen LogP contribution in [0.3, 0.4) is 0 Å². The van der Waals surface area contributed by atoms with Gasteiger partial charge in [0.05, 0.1) is 6.54 Å². The van der Waals surface area contributed by atoms with E-state index in [1.54, 1.807) is 0 Å². The molecule has 6 nitrogen and oxygen atoms in total. The number of aryl methyl sites for hydroxylation is 1. The van der Waals surface area contributed by atoms with E-state index in [1.807, 2.05) is 43.3 Å². The zero-order valence-corrected chi connectivity index (χ0v) is 19.5. The van der Waals surface area contributed by atoms with Crippen LogP contribution >= 0.6 is 34.2 Å². The Morgan fingerprint density at radius 3 is 2.80 bits per heavy atom. The molecule has 30 heavy (non-hydrogen) atoms. The number of benzene rings is 2. The Morgan fingerprint density at radius 1 is 1.27 bits per heavy atom. The summed E-state index contributed by atoms with van der Waals surface area (Å²) >= 11 is 8.31. The van der Waals surface area contributed by atoms with Gasteiger partial charge in [0.25, 0.3) is 0 Å². The van der Waals surface area contributed by atoms with Gasteiger partial charge in [0.1, 0.15) is 0 Å². The summed E-state index contributed by atoms with van der Waals surface area (Å²) in [6.07, 6.45) is 1.62. The predicted octanol–water partition coefficient (Wildman–Crippen LogP) is 5.15. The molecule has 0 atom stereocenters. The number of likely N-dealkylation sites (tertiary alicyclic amines) is 1. The van der Waals surface area contributed by atoms with E-state index in [1.165, 1.54) is 0 Å². The molecule has 1 fully saturated rings. The summed E-state index contributed by atoms with van der Waals surface area (Å²) in [4.78, 5) is 19.4. The van der Waals surface area contributed by atoms with Gasteiger partial charge in [-0.05, 0) is 91.3 Å². The Bertz CT molecular complexity index is 1050. The number of halogens is 2. The average molecular weight is 537 g/mol. The number of aromatic nitrogens is 2. The molecule has 0 unspecified atom stereocenters. The van der Waals surface area contributed by atoms with Crippen LogP contribution in [0.25, 0.3) is 11.4 Å². The van der Waals surface area contributed by atoms with E-state index in [-0.39, 0.29) is 11.8 Å². The quantitative estimate of drug-likeness (QED) is 0.457. The van der Waals surface area contributed by atoms with Crippen molar-refractivity contribution in [3.63, 3.8) is 0 Å². The molecule has 0 spiro atoms. The standard InChI is InChI=1S/C22H22ClIN4O2/c1-14-11-18(24)5-6-19(14)25-22(29)15-7-9-28(10-8-15)13-20-26-21(27-30-20)16-3-2-4-17(23)12-16/h2-6,11-12,15H,7-10,13H2,1H3,(H,25,29). The molecular weight excluding hydrogens is 515 g/mol. The number of piperidine rings is 1. The average Bonchev–Trinajstić information content (AvgIpc) is 3.19. The fourth-order valence-corrected chi connectivity index (χ4v) is 4.45. The summed E-state index contributed by atoms with van der Waals surface area (Å²) in [5, 5.41) is 7.79. The first-order valence-electron chi connectivity index (χ1n) is 9.86. The van der Waals surface area contributed by atoms with E-state index in [4.69, 9.17) is 16.1 Å². The molecule has 4 rings (SSSR count). The van der Waals surface area contributed by atoms with Gasteiger partial charge in [-0.25, -0.2) is 0 Å². The molecule has 1 amide bonds. The van der Waals surface area contributed by atoms with E-state index in [0.29, 0.717) is 23.3 Å². The molecule has 1 saturated heterocycles. The van der Waals surface area contributed by atoms with Crippen LogP contribution in [0, 0.1) is 16.4 Å². The van der Waals surface area contributed by atoms with Gasteiger partial charge >= 0.3 is 0 Å². The van der Waals surface area contributed by atoms with Gasteiger partial charge in [0, 0.05) is 25.8 Å². The third-order valence-corrected chi connectivity index (χ3v) is 6.22. The van der Waals surface area contributed by atoms with Gasteiger partial charge in [-0.15, -0.1) is 0 Å². The minimum Gasteiger partial charge on any atom is -0.338 e. The number of hydrogen-bond donors (Lipinski definition) is 1. The maximum absolute atomic E-state index is 12.7. The van der Waals surface area contributed by atoms with Gasteiger partial charge in [-0.2, -0.15) is 4.98 Å². The van der Waals surface area contributed by atoms with Crippen LogP contribution in [0.2, 0.25) is 5.02 Å². The fraction of sp³-hybridized carbons (Fsp3) is 0.318. The second-order valence-electron chi connectivity index (χ2n) is 7.52. The Balaban J connectivity index is 1.30. The number of hydrogen-bond acceptors (Lipinski definition) is 5. The van der Waals surface area contributed by atoms with Crippen molar-refractivity contribution >= 4 is 45.8 Å². The summed E-state index contributed by atoms with van der Waals surface area (Å²) in [5.74, 6) is 1.22. The molecule has 1 aliphatic rings. The minimum absolute atomic E-state index is 0.0182. The van der Waals surface area contributed by atoms with E-state index < -0.39 is 0 Å². The Hall–Kier alpha value is -1.97. The second-order valence-corrected chi connectivity index (χ2v) is 9.20. The summed E-state index contributed by atoms with van der Waals surface area (Å²) in [6, 6.07) is 13.4. The molecule has 3 aromatic rings. The molecule has 1 aromatic heterocycles. The normalized spacial score (nSPS) is 15.3. The highest BCUT2D eigenvalue weighted by molar-refractivity contribution is 14.1. The number of amides is 1. The smallest absolute Gasteiger partial charge is 0.241 e. The zero-order chi connectivity index (χ0) is 21.1. The van der Waals surface area contributed by atoms with E-state index >= 15 is 0 Å². The number of rotatable bonds is 5. The summed E-state index contributed by atoms with van der Waals surface area (Å²) in [7, 11) is 0. The van der Waals surface area contributed by atoms with Crippen LogP contribution in [0.5, 0.6) is 0 Å². The highest BCUT2D eigenvalue weighted by Gasteiger charge is 2.26. The van der Waals surface area contributed by atoms with Crippen molar-refractivity contribution in [2.45, 2.75) is 26.3 Å². The van der Waals surface area contributed by atoms with E-state index in [9.17, 15) is 4.79 Å². The molecule has 1 N–H and O–H groups in total. The van der Waals surface area contributed by atoms with E-state index in [2.05, 4.69) is 49.0 Å². The van der Waals surface area contributed by atoms with Crippen molar-refractivity contribution < 1.29 is 9.32 Å². The van der Waals surface area contributed by atoms with Crippen LogP contribution in [-0.4, -0.2) is 34.0 Å². The molecule has 0 saturated carbocycles. The SMILES string of the molecule is Cc1cc(I)ccc1NC(=O)C1CCN(Cc2nc(-c3cccc(Cl)c3)no2)CC1. The van der Waals surface area contributed by atoms with Crippen LogP contribution in [0.4, 0.5) is 5.69 Å². The number of carbonyl (C=O) groups is 1. The van der Waals surface area contributed by atoms with Crippen LogP contribution in [0.15, 0.2) is 47.0 Å². The van der Waals surface area contributed by atoms with Crippen molar-refractivity contribution in [2.75, 3.05) is 18.4 Å².